The van der Waals surface area contributed by atoms with Crippen LogP contribution in [0, 0.1) is 5.75 Å². The van der Waals surface area contributed by atoms with Crippen LogP contribution in [0.5, 0.6) is 0 Å². The van der Waals surface area contributed by atoms with Crippen LogP contribution in [-0.4, -0.2) is 5.75 Å². The smallest absolute Gasteiger partial charge is 0.0166 e. The highest BCUT2D eigenvalue weighted by atomic mass is 32.2. The van der Waals surface area contributed by atoms with Crippen LogP contribution >= 0.6 is 11.8 Å². The number of hydrogen-bond donors (Lipinski definition) is 0. The molecular formula is C22H45S. The maximum absolute atomic E-state index is 2.47. The van der Waals surface area contributed by atoms with Crippen molar-refractivity contribution in [2.45, 2.75) is 129 Å². The van der Waals surface area contributed by atoms with E-state index in [1.54, 1.807) is 0 Å². The molecule has 1 radical (unpaired) electrons. The fraction of sp³-hybridized carbons (Fsp3) is 0.955. The molecule has 0 bridgehead atoms. The summed E-state index contributed by atoms with van der Waals surface area (Å²) in [5.74, 6) is 3.82. The van der Waals surface area contributed by atoms with Gasteiger partial charge in [0.1, 0.15) is 0 Å². The average Bonchev–Trinajstić information content (AvgIpc) is 2.57. The Bertz CT molecular complexity index is 170. The highest BCUT2D eigenvalue weighted by molar-refractivity contribution is 8.01. The predicted octanol–water partition coefficient (Wildman–Crippen LogP) is 8.94. The van der Waals surface area contributed by atoms with Gasteiger partial charge >= 0.3 is 0 Å². The molecule has 0 spiro atoms. The summed E-state index contributed by atoms with van der Waals surface area (Å²) < 4.78 is 0. The number of thioether (sulfide) groups is 1. The van der Waals surface area contributed by atoms with Crippen LogP contribution in [0.25, 0.3) is 0 Å². The van der Waals surface area contributed by atoms with Crippen LogP contribution in [0.2, 0.25) is 0 Å². The third kappa shape index (κ3) is 22.4. The SMILES string of the molecule is CCCCCCCCCCCCC[CH]SCCCCCCCC. The molecule has 0 atom stereocenters. The summed E-state index contributed by atoms with van der Waals surface area (Å²) in [6, 6.07) is 0. The molecule has 0 nitrogen and oxygen atoms in total. The van der Waals surface area contributed by atoms with Gasteiger partial charge in [0.15, 0.2) is 0 Å². The van der Waals surface area contributed by atoms with Gasteiger partial charge in [-0.15, -0.1) is 0 Å². The maximum Gasteiger partial charge on any atom is 0.0166 e. The third-order valence-electron chi connectivity index (χ3n) is 4.66. The molecule has 1 heteroatoms. The van der Waals surface area contributed by atoms with E-state index in [1.165, 1.54) is 121 Å². The zero-order valence-electron chi connectivity index (χ0n) is 16.4. The second-order valence-electron chi connectivity index (χ2n) is 7.13. The van der Waals surface area contributed by atoms with Crippen molar-refractivity contribution in [3.05, 3.63) is 5.75 Å². The van der Waals surface area contributed by atoms with Crippen molar-refractivity contribution in [2.75, 3.05) is 5.75 Å². The largest absolute Gasteiger partial charge is 0.157 e. The number of hydrogen-bond acceptors (Lipinski definition) is 1. The quantitative estimate of drug-likeness (QED) is 0.199. The van der Waals surface area contributed by atoms with E-state index in [4.69, 9.17) is 0 Å². The molecule has 0 aliphatic carbocycles. The minimum atomic E-state index is 1.33. The fourth-order valence-corrected chi connectivity index (χ4v) is 3.90. The highest BCUT2D eigenvalue weighted by Crippen LogP contribution is 2.17. The summed E-state index contributed by atoms with van der Waals surface area (Å²) in [5.41, 5.74) is 0. The van der Waals surface area contributed by atoms with Gasteiger partial charge in [-0.2, -0.15) is 11.8 Å². The molecule has 0 aromatic heterocycles. The lowest BCUT2D eigenvalue weighted by Crippen LogP contribution is -1.84. The van der Waals surface area contributed by atoms with Gasteiger partial charge in [0.25, 0.3) is 0 Å². The first kappa shape index (κ1) is 23.4. The third-order valence-corrected chi connectivity index (χ3v) is 5.65. The van der Waals surface area contributed by atoms with Crippen LogP contribution in [0.15, 0.2) is 0 Å². The van der Waals surface area contributed by atoms with Crippen molar-refractivity contribution < 1.29 is 0 Å². The van der Waals surface area contributed by atoms with E-state index in [9.17, 15) is 0 Å². The van der Waals surface area contributed by atoms with Gasteiger partial charge in [-0.3, -0.25) is 0 Å². The first-order valence-electron chi connectivity index (χ1n) is 10.8. The molecule has 0 saturated heterocycles. The van der Waals surface area contributed by atoms with Crippen LogP contribution in [0.3, 0.4) is 0 Å². The summed E-state index contributed by atoms with van der Waals surface area (Å²) in [4.78, 5) is 0. The summed E-state index contributed by atoms with van der Waals surface area (Å²) in [6.07, 6.45) is 25.8. The van der Waals surface area contributed by atoms with Gasteiger partial charge in [0.05, 0.1) is 0 Å². The van der Waals surface area contributed by atoms with Gasteiger partial charge in [0.2, 0.25) is 0 Å². The van der Waals surface area contributed by atoms with Gasteiger partial charge < -0.3 is 0 Å². The Hall–Kier alpha value is 0.350. The van der Waals surface area contributed by atoms with Crippen LogP contribution in [0.1, 0.15) is 129 Å². The van der Waals surface area contributed by atoms with Crippen molar-refractivity contribution in [3.63, 3.8) is 0 Å². The molecule has 0 fully saturated rings. The van der Waals surface area contributed by atoms with Crippen LogP contribution < -0.4 is 0 Å². The lowest BCUT2D eigenvalue weighted by atomic mass is 10.1. The van der Waals surface area contributed by atoms with Gasteiger partial charge in [-0.1, -0.05) is 117 Å². The van der Waals surface area contributed by atoms with Gasteiger partial charge in [0, 0.05) is 5.75 Å². The first-order valence-corrected chi connectivity index (χ1v) is 11.9. The minimum absolute atomic E-state index is 1.33. The topological polar surface area (TPSA) is 0 Å². The number of rotatable bonds is 20. The molecule has 0 aliphatic rings. The zero-order valence-corrected chi connectivity index (χ0v) is 17.2. The molecule has 0 N–H and O–H groups in total. The van der Waals surface area contributed by atoms with Crippen molar-refractivity contribution in [2.24, 2.45) is 0 Å². The standard InChI is InChI=1S/C22H45S/c1-3-5-7-9-11-12-13-14-15-16-18-20-22-23-21-19-17-10-8-6-4-2/h22H,3-21H2,1-2H3. The Labute approximate surface area is 153 Å². The minimum Gasteiger partial charge on any atom is -0.157 e. The van der Waals surface area contributed by atoms with E-state index in [-0.39, 0.29) is 0 Å². The van der Waals surface area contributed by atoms with E-state index in [2.05, 4.69) is 31.4 Å². The zero-order chi connectivity index (χ0) is 16.8. The Balaban J connectivity index is 2.92. The normalized spacial score (nSPS) is 11.2. The average molecular weight is 342 g/mol. The molecule has 139 valence electrons. The Morgan fingerprint density at radius 1 is 0.478 bits per heavy atom. The van der Waals surface area contributed by atoms with E-state index >= 15 is 0 Å². The Morgan fingerprint density at radius 2 is 0.870 bits per heavy atom. The second-order valence-corrected chi connectivity index (χ2v) is 8.20. The second kappa shape index (κ2) is 22.4. The Morgan fingerprint density at radius 3 is 1.35 bits per heavy atom. The Kier molecular flexibility index (Phi) is 22.7. The molecule has 23 heavy (non-hydrogen) atoms. The van der Waals surface area contributed by atoms with Crippen LogP contribution in [0.4, 0.5) is 0 Å². The summed E-state index contributed by atoms with van der Waals surface area (Å²) in [7, 11) is 0. The van der Waals surface area contributed by atoms with Crippen molar-refractivity contribution in [1.29, 1.82) is 0 Å². The highest BCUT2D eigenvalue weighted by Gasteiger charge is 1.95. The lowest BCUT2D eigenvalue weighted by molar-refractivity contribution is 0.550. The molecule has 0 amide bonds. The predicted molar refractivity (Wildman–Crippen MR) is 111 cm³/mol. The monoisotopic (exact) mass is 341 g/mol. The van der Waals surface area contributed by atoms with E-state index in [0.29, 0.717) is 0 Å². The van der Waals surface area contributed by atoms with Crippen molar-refractivity contribution in [1.82, 2.24) is 0 Å². The van der Waals surface area contributed by atoms with E-state index in [1.807, 2.05) is 0 Å². The number of unbranched alkanes of at least 4 members (excludes halogenated alkanes) is 16. The lowest BCUT2D eigenvalue weighted by Gasteiger charge is -2.03. The summed E-state index contributed by atoms with van der Waals surface area (Å²) in [5, 5.41) is 0. The van der Waals surface area contributed by atoms with Crippen LogP contribution in [-0.2, 0) is 0 Å². The molecular weight excluding hydrogens is 296 g/mol. The molecule has 0 aromatic rings. The summed E-state index contributed by atoms with van der Waals surface area (Å²) in [6.45, 7) is 4.59. The molecule has 0 heterocycles. The molecule has 0 aliphatic heterocycles. The van der Waals surface area contributed by atoms with E-state index < -0.39 is 0 Å². The maximum atomic E-state index is 2.47. The molecule has 0 saturated carbocycles. The first-order chi connectivity index (χ1) is 11.4. The molecule has 0 rings (SSSR count). The fourth-order valence-electron chi connectivity index (χ4n) is 3.02. The molecule has 0 unspecified atom stereocenters. The van der Waals surface area contributed by atoms with Crippen molar-refractivity contribution in [3.8, 4) is 0 Å². The van der Waals surface area contributed by atoms with E-state index in [0.717, 1.165) is 0 Å². The van der Waals surface area contributed by atoms with Gasteiger partial charge in [-0.05, 0) is 18.6 Å². The summed E-state index contributed by atoms with van der Waals surface area (Å²) >= 11 is 2.07. The van der Waals surface area contributed by atoms with Crippen molar-refractivity contribution >= 4 is 11.8 Å². The molecule has 0 aromatic carbocycles. The van der Waals surface area contributed by atoms with Gasteiger partial charge in [-0.25, -0.2) is 0 Å².